The molecule has 6 rings (SSSR count). The van der Waals surface area contributed by atoms with Gasteiger partial charge in [-0.1, -0.05) is 132 Å². The van der Waals surface area contributed by atoms with Crippen LogP contribution in [0.15, 0.2) is 150 Å². The van der Waals surface area contributed by atoms with Crippen LogP contribution < -0.4 is 15.2 Å². The monoisotopic (exact) mass is 693 g/mol. The molecule has 0 saturated heterocycles. The normalized spacial score (nSPS) is 12.1. The SMILES string of the molecule is Cc1ccc(S(=O)(=O)NNc2ccc(N(c3ccc(-c4ccc(C(C)(C)C)cc4)cc3)c3ccc(-c4ccc(C(C)(C)C)cc4)cc3)cc2)cc1. The van der Waals surface area contributed by atoms with Gasteiger partial charge in [0, 0.05) is 22.7 Å². The molecule has 0 radical (unpaired) electrons. The van der Waals surface area contributed by atoms with Crippen molar-refractivity contribution >= 4 is 32.8 Å². The van der Waals surface area contributed by atoms with Gasteiger partial charge in [-0.25, -0.2) is 8.42 Å². The van der Waals surface area contributed by atoms with Gasteiger partial charge in [-0.15, -0.1) is 4.83 Å². The van der Waals surface area contributed by atoms with Crippen molar-refractivity contribution in [2.24, 2.45) is 0 Å². The van der Waals surface area contributed by atoms with E-state index in [4.69, 9.17) is 0 Å². The van der Waals surface area contributed by atoms with Gasteiger partial charge in [0.2, 0.25) is 0 Å². The Morgan fingerprint density at radius 1 is 0.451 bits per heavy atom. The Morgan fingerprint density at radius 3 is 1.14 bits per heavy atom. The molecule has 0 amide bonds. The largest absolute Gasteiger partial charge is 0.311 e. The average Bonchev–Trinajstić information content (AvgIpc) is 3.12. The van der Waals surface area contributed by atoms with Crippen LogP contribution in [0.2, 0.25) is 0 Å². The quantitative estimate of drug-likeness (QED) is 0.148. The number of aryl methyl sites for hydroxylation is 1. The first-order chi connectivity index (χ1) is 24.2. The third kappa shape index (κ3) is 8.42. The van der Waals surface area contributed by atoms with E-state index >= 15 is 0 Å². The van der Waals surface area contributed by atoms with E-state index in [0.29, 0.717) is 5.69 Å². The smallest absolute Gasteiger partial charge is 0.257 e. The maximum atomic E-state index is 12.9. The Labute approximate surface area is 304 Å². The molecule has 51 heavy (non-hydrogen) atoms. The van der Waals surface area contributed by atoms with Crippen LogP contribution in [-0.4, -0.2) is 8.42 Å². The highest BCUT2D eigenvalue weighted by Gasteiger charge is 2.17. The van der Waals surface area contributed by atoms with E-state index in [-0.39, 0.29) is 15.7 Å². The summed E-state index contributed by atoms with van der Waals surface area (Å²) in [4.78, 5) is 4.91. The molecular weight excluding hydrogens is 647 g/mol. The molecule has 0 fully saturated rings. The molecule has 6 heteroatoms. The third-order valence-corrected chi connectivity index (χ3v) is 10.5. The van der Waals surface area contributed by atoms with E-state index in [1.165, 1.54) is 22.3 Å². The number of benzene rings is 6. The maximum absolute atomic E-state index is 12.9. The average molecular weight is 694 g/mol. The third-order valence-electron chi connectivity index (χ3n) is 9.21. The maximum Gasteiger partial charge on any atom is 0.257 e. The van der Waals surface area contributed by atoms with Crippen LogP contribution in [0.25, 0.3) is 22.3 Å². The zero-order valence-electron chi connectivity index (χ0n) is 30.5. The standard InChI is InChI=1S/C45H47N3O2S/c1-32-8-30-43(31-9-32)51(49,50)47-46-39-22-28-42(29-23-39)48(40-24-14-35(15-25-40)33-10-18-37(19-11-33)44(2,3)4)41-26-16-36(17-27-41)34-12-20-38(21-13-34)45(5,6)7/h8-31,46-47H,1-7H3. The highest BCUT2D eigenvalue weighted by Crippen LogP contribution is 2.38. The Hall–Kier alpha value is -5.17. The summed E-state index contributed by atoms with van der Waals surface area (Å²) in [7, 11) is -3.73. The van der Waals surface area contributed by atoms with Gasteiger partial charge in [-0.3, -0.25) is 0 Å². The number of nitrogens with one attached hydrogen (secondary N) is 2. The van der Waals surface area contributed by atoms with Crippen LogP contribution >= 0.6 is 0 Å². The van der Waals surface area contributed by atoms with Crippen molar-refractivity contribution in [1.29, 1.82) is 0 Å². The number of anilines is 4. The fraction of sp³-hybridized carbons (Fsp3) is 0.200. The molecule has 0 unspecified atom stereocenters. The molecule has 0 spiro atoms. The number of hydrogen-bond donors (Lipinski definition) is 2. The first-order valence-electron chi connectivity index (χ1n) is 17.3. The van der Waals surface area contributed by atoms with Gasteiger partial charge in [0.15, 0.2) is 0 Å². The van der Waals surface area contributed by atoms with Crippen molar-refractivity contribution in [3.05, 3.63) is 162 Å². The van der Waals surface area contributed by atoms with Gasteiger partial charge >= 0.3 is 0 Å². The Balaban J connectivity index is 1.29. The topological polar surface area (TPSA) is 61.4 Å². The summed E-state index contributed by atoms with van der Waals surface area (Å²) in [5.41, 5.74) is 14.9. The summed E-state index contributed by atoms with van der Waals surface area (Å²) in [6.45, 7) is 15.3. The van der Waals surface area contributed by atoms with Crippen LogP contribution in [0.1, 0.15) is 58.2 Å². The minimum absolute atomic E-state index is 0.102. The van der Waals surface area contributed by atoms with Gasteiger partial charge < -0.3 is 10.3 Å². The molecule has 6 aromatic rings. The van der Waals surface area contributed by atoms with Crippen LogP contribution in [0, 0.1) is 6.92 Å². The Morgan fingerprint density at radius 2 is 0.784 bits per heavy atom. The number of hydrazine groups is 1. The van der Waals surface area contributed by atoms with E-state index in [1.807, 2.05) is 31.2 Å². The van der Waals surface area contributed by atoms with Gasteiger partial charge in [0.25, 0.3) is 10.0 Å². The lowest BCUT2D eigenvalue weighted by Crippen LogP contribution is -2.29. The zero-order chi connectivity index (χ0) is 36.4. The molecule has 2 N–H and O–H groups in total. The Bertz CT molecular complexity index is 2080. The number of rotatable bonds is 9. The van der Waals surface area contributed by atoms with Gasteiger partial charge in [-0.2, -0.15) is 0 Å². The first kappa shape index (κ1) is 35.6. The van der Waals surface area contributed by atoms with Crippen molar-refractivity contribution in [1.82, 2.24) is 4.83 Å². The molecule has 5 nitrogen and oxygen atoms in total. The Kier molecular flexibility index (Phi) is 9.94. The molecule has 0 heterocycles. The molecule has 0 aliphatic carbocycles. The van der Waals surface area contributed by atoms with E-state index in [9.17, 15) is 8.42 Å². The number of sulfonamides is 1. The highest BCUT2D eigenvalue weighted by atomic mass is 32.2. The highest BCUT2D eigenvalue weighted by molar-refractivity contribution is 7.89. The molecule has 260 valence electrons. The summed E-state index contributed by atoms with van der Waals surface area (Å²) in [6.07, 6.45) is 0. The number of nitrogens with zero attached hydrogens (tertiary/aromatic N) is 1. The van der Waals surface area contributed by atoms with Crippen molar-refractivity contribution < 1.29 is 8.42 Å². The molecule has 0 saturated carbocycles. The van der Waals surface area contributed by atoms with Crippen LogP contribution in [0.5, 0.6) is 0 Å². The lowest BCUT2D eigenvalue weighted by molar-refractivity contribution is 0.587. The molecule has 0 aliphatic heterocycles. The second-order valence-corrected chi connectivity index (χ2v) is 16.9. The predicted molar refractivity (Wildman–Crippen MR) is 215 cm³/mol. The van der Waals surface area contributed by atoms with E-state index < -0.39 is 10.0 Å². The fourth-order valence-corrected chi connectivity index (χ4v) is 6.84. The summed E-state index contributed by atoms with van der Waals surface area (Å²) in [5.74, 6) is 0. The first-order valence-corrected chi connectivity index (χ1v) is 18.8. The van der Waals surface area contributed by atoms with Crippen molar-refractivity contribution in [3.63, 3.8) is 0 Å². The van der Waals surface area contributed by atoms with Gasteiger partial charge in [-0.05, 0) is 112 Å². The lowest BCUT2D eigenvalue weighted by Gasteiger charge is -2.26. The number of hydrogen-bond acceptors (Lipinski definition) is 4. The van der Waals surface area contributed by atoms with Gasteiger partial charge in [0.1, 0.15) is 0 Å². The van der Waals surface area contributed by atoms with E-state index in [0.717, 1.165) is 33.8 Å². The van der Waals surface area contributed by atoms with Crippen molar-refractivity contribution in [3.8, 4) is 22.3 Å². The fourth-order valence-electron chi connectivity index (χ4n) is 5.97. The second-order valence-electron chi connectivity index (χ2n) is 15.2. The van der Waals surface area contributed by atoms with Crippen LogP contribution in [0.4, 0.5) is 22.7 Å². The van der Waals surface area contributed by atoms with Gasteiger partial charge in [0.05, 0.1) is 4.90 Å². The summed E-state index contributed by atoms with van der Waals surface area (Å²) < 4.78 is 25.7. The minimum Gasteiger partial charge on any atom is -0.311 e. The molecule has 6 aromatic carbocycles. The van der Waals surface area contributed by atoms with E-state index in [1.54, 1.807) is 24.3 Å². The van der Waals surface area contributed by atoms with Crippen molar-refractivity contribution in [2.45, 2.75) is 64.2 Å². The molecule has 0 aromatic heterocycles. The minimum atomic E-state index is -3.73. The molecular formula is C45H47N3O2S. The van der Waals surface area contributed by atoms with Crippen molar-refractivity contribution in [2.75, 3.05) is 10.3 Å². The van der Waals surface area contributed by atoms with E-state index in [2.05, 4.69) is 154 Å². The van der Waals surface area contributed by atoms with Crippen LogP contribution in [-0.2, 0) is 20.9 Å². The molecule has 0 aliphatic rings. The molecule has 0 bridgehead atoms. The zero-order valence-corrected chi connectivity index (χ0v) is 31.3. The lowest BCUT2D eigenvalue weighted by atomic mass is 9.86. The van der Waals surface area contributed by atoms with Crippen LogP contribution in [0.3, 0.4) is 0 Å². The molecule has 0 atom stereocenters. The summed E-state index contributed by atoms with van der Waals surface area (Å²) in [5, 5.41) is 0. The summed E-state index contributed by atoms with van der Waals surface area (Å²) >= 11 is 0. The second kappa shape index (κ2) is 14.2. The predicted octanol–water partition coefficient (Wildman–Crippen LogP) is 11.7. The summed E-state index contributed by atoms with van der Waals surface area (Å²) in [6, 6.07) is 49.3.